The summed E-state index contributed by atoms with van der Waals surface area (Å²) in [5.41, 5.74) is 10.6. The summed E-state index contributed by atoms with van der Waals surface area (Å²) in [7, 11) is 0. The number of nitrogens with two attached hydrogens (primary N) is 2. The first-order valence-corrected chi connectivity index (χ1v) is 5.74. The van der Waals surface area contributed by atoms with Crippen LogP contribution < -0.4 is 11.5 Å². The van der Waals surface area contributed by atoms with Crippen LogP contribution in [0.4, 0.5) is 0 Å². The van der Waals surface area contributed by atoms with Crippen molar-refractivity contribution >= 4 is 29.3 Å². The van der Waals surface area contributed by atoms with Gasteiger partial charge in [0, 0.05) is 12.8 Å². The lowest BCUT2D eigenvalue weighted by atomic mass is 9.97. The van der Waals surface area contributed by atoms with E-state index in [2.05, 4.69) is 0 Å². The SMILES string of the molecule is N[C@@H](CCC(=O)O)C(=O)C(=O)C(=O)[C@@H](N)CCC(=O)O. The summed E-state index contributed by atoms with van der Waals surface area (Å²) in [6.45, 7) is 0. The van der Waals surface area contributed by atoms with E-state index < -0.39 is 54.2 Å². The molecule has 0 unspecified atom stereocenters. The lowest BCUT2D eigenvalue weighted by Gasteiger charge is -2.10. The third-order valence-corrected chi connectivity index (χ3v) is 2.46. The molecule has 2 atom stereocenters. The highest BCUT2D eigenvalue weighted by atomic mass is 16.4. The number of Topliss-reactive ketones (excluding diaryl/α,β-unsaturated/α-hetero) is 3. The average Bonchev–Trinajstić information content (AvgIpc) is 2.39. The minimum Gasteiger partial charge on any atom is -0.481 e. The molecular weight excluding hydrogens is 272 g/mol. The molecule has 0 fully saturated rings. The van der Waals surface area contributed by atoms with Crippen LogP contribution in [0.3, 0.4) is 0 Å². The molecule has 0 bridgehead atoms. The molecule has 0 aliphatic heterocycles. The van der Waals surface area contributed by atoms with Crippen LogP contribution in [0.5, 0.6) is 0 Å². The Morgan fingerprint density at radius 2 is 1.05 bits per heavy atom. The zero-order valence-corrected chi connectivity index (χ0v) is 10.6. The van der Waals surface area contributed by atoms with Gasteiger partial charge in [-0.2, -0.15) is 0 Å². The molecule has 0 aromatic rings. The van der Waals surface area contributed by atoms with Gasteiger partial charge in [0.15, 0.2) is 0 Å². The van der Waals surface area contributed by atoms with Crippen molar-refractivity contribution in [3.8, 4) is 0 Å². The second-order valence-electron chi connectivity index (χ2n) is 4.14. The average molecular weight is 288 g/mol. The molecule has 6 N–H and O–H groups in total. The Balaban J connectivity index is 4.48. The predicted molar refractivity (Wildman–Crippen MR) is 64.7 cm³/mol. The second-order valence-corrected chi connectivity index (χ2v) is 4.14. The predicted octanol–water partition coefficient (Wildman–Crippen LogP) is -1.92. The van der Waals surface area contributed by atoms with Crippen LogP contribution in [0, 0.1) is 0 Å². The van der Waals surface area contributed by atoms with Gasteiger partial charge in [-0.3, -0.25) is 24.0 Å². The highest BCUT2D eigenvalue weighted by molar-refractivity contribution is 6.65. The molecule has 0 heterocycles. The van der Waals surface area contributed by atoms with Crippen molar-refractivity contribution in [3.05, 3.63) is 0 Å². The Bertz CT molecular complexity index is 394. The van der Waals surface area contributed by atoms with E-state index in [-0.39, 0.29) is 12.8 Å². The molecule has 0 radical (unpaired) electrons. The van der Waals surface area contributed by atoms with Gasteiger partial charge in [0.1, 0.15) is 0 Å². The molecule has 0 amide bonds. The van der Waals surface area contributed by atoms with E-state index >= 15 is 0 Å². The first-order chi connectivity index (χ1) is 9.16. The summed E-state index contributed by atoms with van der Waals surface area (Å²) < 4.78 is 0. The van der Waals surface area contributed by atoms with Crippen LogP contribution in [0.15, 0.2) is 0 Å². The highest BCUT2D eigenvalue weighted by Crippen LogP contribution is 2.02. The lowest BCUT2D eigenvalue weighted by molar-refractivity contribution is -0.145. The molecule has 0 aliphatic carbocycles. The fourth-order valence-electron chi connectivity index (χ4n) is 1.28. The number of carboxylic acids is 2. The minimum absolute atomic E-state index is 0.280. The number of carbonyl (C=O) groups is 5. The molecule has 0 saturated carbocycles. The molecule has 9 heteroatoms. The van der Waals surface area contributed by atoms with Crippen LogP contribution in [-0.2, 0) is 24.0 Å². The van der Waals surface area contributed by atoms with Gasteiger partial charge in [0.25, 0.3) is 5.78 Å². The first-order valence-electron chi connectivity index (χ1n) is 5.74. The Labute approximate surface area is 113 Å². The first kappa shape index (κ1) is 17.9. The van der Waals surface area contributed by atoms with Crippen LogP contribution in [0.1, 0.15) is 25.7 Å². The number of carbonyl (C=O) groups excluding carboxylic acids is 3. The molecule has 0 saturated heterocycles. The molecule has 0 spiro atoms. The van der Waals surface area contributed by atoms with Gasteiger partial charge in [-0.05, 0) is 12.8 Å². The maximum Gasteiger partial charge on any atom is 0.303 e. The summed E-state index contributed by atoms with van der Waals surface area (Å²) >= 11 is 0. The highest BCUT2D eigenvalue weighted by Gasteiger charge is 2.31. The Hall–Kier alpha value is -2.13. The van der Waals surface area contributed by atoms with E-state index in [1.165, 1.54) is 0 Å². The van der Waals surface area contributed by atoms with Gasteiger partial charge >= 0.3 is 11.9 Å². The normalized spacial score (nSPS) is 13.3. The number of aliphatic carboxylic acids is 2. The van der Waals surface area contributed by atoms with Crippen molar-refractivity contribution in [1.82, 2.24) is 0 Å². The van der Waals surface area contributed by atoms with Crippen molar-refractivity contribution in [2.24, 2.45) is 11.5 Å². The van der Waals surface area contributed by atoms with E-state index in [1.807, 2.05) is 0 Å². The molecular formula is C11H16N2O7. The van der Waals surface area contributed by atoms with Crippen LogP contribution in [0.2, 0.25) is 0 Å². The molecule has 0 aromatic carbocycles. The van der Waals surface area contributed by atoms with E-state index in [0.29, 0.717) is 0 Å². The van der Waals surface area contributed by atoms with Gasteiger partial charge in [0.2, 0.25) is 11.6 Å². The zero-order chi connectivity index (χ0) is 15.9. The third-order valence-electron chi connectivity index (χ3n) is 2.46. The van der Waals surface area contributed by atoms with Crippen molar-refractivity contribution < 1.29 is 34.2 Å². The van der Waals surface area contributed by atoms with Gasteiger partial charge < -0.3 is 21.7 Å². The Morgan fingerprint density at radius 1 is 0.750 bits per heavy atom. The van der Waals surface area contributed by atoms with E-state index in [9.17, 15) is 24.0 Å². The second kappa shape index (κ2) is 8.12. The summed E-state index contributed by atoms with van der Waals surface area (Å²) in [6.07, 6.45) is -1.39. The number of hydrogen-bond acceptors (Lipinski definition) is 7. The Kier molecular flexibility index (Phi) is 7.26. The van der Waals surface area contributed by atoms with Crippen LogP contribution in [-0.4, -0.2) is 51.6 Å². The fourth-order valence-corrected chi connectivity index (χ4v) is 1.28. The minimum atomic E-state index is -1.43. The van der Waals surface area contributed by atoms with Crippen LogP contribution in [0.25, 0.3) is 0 Å². The maximum absolute atomic E-state index is 11.5. The standard InChI is InChI=1S/C11H16N2O7/c12-5(1-3-7(14)15)9(18)11(20)10(19)6(13)2-4-8(16)17/h5-6H,1-4,12-13H2,(H,14,15)(H,16,17)/t5-,6-/m0/s1. The Morgan fingerprint density at radius 3 is 1.30 bits per heavy atom. The van der Waals surface area contributed by atoms with Crippen LogP contribution >= 0.6 is 0 Å². The molecule has 20 heavy (non-hydrogen) atoms. The molecule has 0 aliphatic rings. The maximum atomic E-state index is 11.5. The fraction of sp³-hybridized carbons (Fsp3) is 0.545. The largest absolute Gasteiger partial charge is 0.481 e. The van der Waals surface area contributed by atoms with Crippen molar-refractivity contribution in [2.75, 3.05) is 0 Å². The zero-order valence-electron chi connectivity index (χ0n) is 10.6. The monoisotopic (exact) mass is 288 g/mol. The van der Waals surface area contributed by atoms with E-state index in [1.54, 1.807) is 0 Å². The molecule has 0 aromatic heterocycles. The summed E-state index contributed by atoms with van der Waals surface area (Å²) in [6, 6.07) is -2.79. The van der Waals surface area contributed by atoms with Gasteiger partial charge in [-0.15, -0.1) is 0 Å². The summed E-state index contributed by atoms with van der Waals surface area (Å²) in [5, 5.41) is 16.8. The summed E-state index contributed by atoms with van der Waals surface area (Å²) in [4.78, 5) is 55.0. The third kappa shape index (κ3) is 6.16. The molecule has 0 rings (SSSR count). The molecule has 9 nitrogen and oxygen atoms in total. The van der Waals surface area contributed by atoms with Gasteiger partial charge in [-0.25, -0.2) is 0 Å². The van der Waals surface area contributed by atoms with E-state index in [4.69, 9.17) is 21.7 Å². The lowest BCUT2D eigenvalue weighted by Crippen LogP contribution is -2.45. The summed E-state index contributed by atoms with van der Waals surface area (Å²) in [5.74, 6) is -6.25. The van der Waals surface area contributed by atoms with Gasteiger partial charge in [0.05, 0.1) is 12.1 Å². The topological polar surface area (TPSA) is 178 Å². The number of carboxylic acid groups (broad SMARTS) is 2. The van der Waals surface area contributed by atoms with Gasteiger partial charge in [-0.1, -0.05) is 0 Å². The number of ketones is 3. The number of rotatable bonds is 10. The van der Waals surface area contributed by atoms with E-state index in [0.717, 1.165) is 0 Å². The quantitative estimate of drug-likeness (QED) is 0.263. The van der Waals surface area contributed by atoms with Crippen molar-refractivity contribution in [3.63, 3.8) is 0 Å². The number of hydrogen-bond donors (Lipinski definition) is 4. The smallest absolute Gasteiger partial charge is 0.303 e. The van der Waals surface area contributed by atoms with Crippen molar-refractivity contribution in [1.29, 1.82) is 0 Å². The molecule has 112 valence electrons. The van der Waals surface area contributed by atoms with Crippen molar-refractivity contribution in [2.45, 2.75) is 37.8 Å².